The van der Waals surface area contributed by atoms with Crippen molar-refractivity contribution >= 4 is 11.9 Å². The minimum atomic E-state index is -1.12. The first-order valence-corrected chi connectivity index (χ1v) is 4.95. The van der Waals surface area contributed by atoms with Crippen LogP contribution in [-0.4, -0.2) is 39.0 Å². The van der Waals surface area contributed by atoms with Crippen LogP contribution in [0.4, 0.5) is 10.6 Å². The fraction of sp³-hybridized carbons (Fsp3) is 0.556. The fourth-order valence-electron chi connectivity index (χ4n) is 1.89. The third-order valence-electron chi connectivity index (χ3n) is 2.79. The van der Waals surface area contributed by atoms with Crippen LogP contribution in [0.25, 0.3) is 0 Å². The number of anilines is 1. The lowest BCUT2D eigenvalue weighted by atomic mass is 10.1. The SMILES string of the molecule is CCN1CCc2c(nn(C(=O)O)c2N)C1. The highest BCUT2D eigenvalue weighted by Gasteiger charge is 2.24. The molecule has 0 spiro atoms. The Hall–Kier alpha value is -1.56. The molecule has 1 aliphatic rings. The summed E-state index contributed by atoms with van der Waals surface area (Å²) in [6, 6.07) is 0. The number of nitrogen functional groups attached to an aromatic ring is 1. The summed E-state index contributed by atoms with van der Waals surface area (Å²) in [7, 11) is 0. The van der Waals surface area contributed by atoms with Crippen molar-refractivity contribution in [2.24, 2.45) is 0 Å². The Bertz CT molecular complexity index is 399. The number of likely N-dealkylation sites (N-methyl/N-ethyl adjacent to an activating group) is 1. The summed E-state index contributed by atoms with van der Waals surface area (Å²) in [5.41, 5.74) is 7.40. The standard InChI is InChI=1S/C9H14N4O2/c1-2-12-4-3-6-7(5-12)11-13(8(6)10)9(14)15/h2-5,10H2,1H3,(H,14,15). The van der Waals surface area contributed by atoms with E-state index in [1.807, 2.05) is 0 Å². The number of fused-ring (bicyclic) bond motifs is 1. The van der Waals surface area contributed by atoms with Crippen LogP contribution in [0.3, 0.4) is 0 Å². The molecule has 0 bridgehead atoms. The highest BCUT2D eigenvalue weighted by Crippen LogP contribution is 2.23. The molecule has 0 unspecified atom stereocenters. The maximum atomic E-state index is 10.8. The van der Waals surface area contributed by atoms with E-state index in [0.29, 0.717) is 6.54 Å². The predicted octanol–water partition coefficient (Wildman–Crippen LogP) is 0.369. The topological polar surface area (TPSA) is 84.4 Å². The first kappa shape index (κ1) is 9.97. The van der Waals surface area contributed by atoms with Crippen molar-refractivity contribution in [3.8, 4) is 0 Å². The van der Waals surface area contributed by atoms with Gasteiger partial charge in [-0.05, 0) is 13.0 Å². The summed E-state index contributed by atoms with van der Waals surface area (Å²) in [5, 5.41) is 12.8. The van der Waals surface area contributed by atoms with Gasteiger partial charge in [0.15, 0.2) is 0 Å². The lowest BCUT2D eigenvalue weighted by Gasteiger charge is -2.24. The minimum absolute atomic E-state index is 0.272. The van der Waals surface area contributed by atoms with Gasteiger partial charge in [0, 0.05) is 18.7 Å². The Morgan fingerprint density at radius 1 is 1.67 bits per heavy atom. The van der Waals surface area contributed by atoms with E-state index >= 15 is 0 Å². The number of carboxylic acid groups (broad SMARTS) is 1. The zero-order valence-electron chi connectivity index (χ0n) is 8.60. The summed E-state index contributed by atoms with van der Waals surface area (Å²) < 4.78 is 0.865. The predicted molar refractivity (Wildman–Crippen MR) is 54.7 cm³/mol. The van der Waals surface area contributed by atoms with Gasteiger partial charge in [-0.3, -0.25) is 4.90 Å². The number of carbonyl (C=O) groups is 1. The molecule has 1 aromatic rings. The molecule has 0 saturated heterocycles. The number of hydrogen-bond acceptors (Lipinski definition) is 4. The largest absolute Gasteiger partial charge is 0.463 e. The van der Waals surface area contributed by atoms with Gasteiger partial charge in [-0.1, -0.05) is 6.92 Å². The van der Waals surface area contributed by atoms with Crippen LogP contribution in [0.2, 0.25) is 0 Å². The van der Waals surface area contributed by atoms with Crippen molar-refractivity contribution in [3.63, 3.8) is 0 Å². The van der Waals surface area contributed by atoms with Crippen molar-refractivity contribution in [2.75, 3.05) is 18.8 Å². The van der Waals surface area contributed by atoms with E-state index in [-0.39, 0.29) is 5.82 Å². The second-order valence-corrected chi connectivity index (χ2v) is 3.62. The summed E-state index contributed by atoms with van der Waals surface area (Å²) >= 11 is 0. The molecule has 6 nitrogen and oxygen atoms in total. The zero-order valence-corrected chi connectivity index (χ0v) is 8.60. The van der Waals surface area contributed by atoms with E-state index in [1.54, 1.807) is 0 Å². The number of rotatable bonds is 1. The van der Waals surface area contributed by atoms with Gasteiger partial charge >= 0.3 is 6.09 Å². The molecule has 0 saturated carbocycles. The normalized spacial score (nSPS) is 16.3. The summed E-state index contributed by atoms with van der Waals surface area (Å²) in [6.07, 6.45) is -0.340. The van der Waals surface area contributed by atoms with Crippen LogP contribution in [0.15, 0.2) is 0 Å². The van der Waals surface area contributed by atoms with Crippen molar-refractivity contribution < 1.29 is 9.90 Å². The molecule has 0 aliphatic carbocycles. The Morgan fingerprint density at radius 2 is 2.40 bits per heavy atom. The lowest BCUT2D eigenvalue weighted by molar-refractivity contribution is 0.193. The van der Waals surface area contributed by atoms with E-state index in [4.69, 9.17) is 10.8 Å². The minimum Gasteiger partial charge on any atom is -0.463 e. The van der Waals surface area contributed by atoms with Gasteiger partial charge in [-0.2, -0.15) is 5.10 Å². The fourth-order valence-corrected chi connectivity index (χ4v) is 1.89. The molecule has 6 heteroatoms. The van der Waals surface area contributed by atoms with Gasteiger partial charge < -0.3 is 10.8 Å². The smallest absolute Gasteiger partial charge is 0.434 e. The first-order valence-electron chi connectivity index (χ1n) is 4.95. The van der Waals surface area contributed by atoms with E-state index in [0.717, 1.165) is 35.4 Å². The molecular formula is C9H14N4O2. The third kappa shape index (κ3) is 1.56. The Kier molecular flexibility index (Phi) is 2.36. The Labute approximate surface area is 87.3 Å². The zero-order chi connectivity index (χ0) is 11.0. The average Bonchev–Trinajstić information content (AvgIpc) is 2.55. The second-order valence-electron chi connectivity index (χ2n) is 3.62. The number of aromatic nitrogens is 2. The quantitative estimate of drug-likeness (QED) is 0.699. The maximum Gasteiger partial charge on any atom is 0.434 e. The summed E-state index contributed by atoms with van der Waals surface area (Å²) in [4.78, 5) is 13.0. The second kappa shape index (κ2) is 3.54. The monoisotopic (exact) mass is 210 g/mol. The van der Waals surface area contributed by atoms with Gasteiger partial charge in [0.05, 0.1) is 5.69 Å². The van der Waals surface area contributed by atoms with Gasteiger partial charge in [0.1, 0.15) is 5.82 Å². The molecule has 82 valence electrons. The van der Waals surface area contributed by atoms with Crippen LogP contribution in [-0.2, 0) is 13.0 Å². The van der Waals surface area contributed by atoms with Crippen LogP contribution in [0, 0.1) is 0 Å². The third-order valence-corrected chi connectivity index (χ3v) is 2.79. The molecule has 1 aromatic heterocycles. The van der Waals surface area contributed by atoms with Crippen molar-refractivity contribution in [1.82, 2.24) is 14.7 Å². The average molecular weight is 210 g/mol. The molecule has 0 fully saturated rings. The highest BCUT2D eigenvalue weighted by molar-refractivity contribution is 5.72. The van der Waals surface area contributed by atoms with Crippen LogP contribution >= 0.6 is 0 Å². The Balaban J connectivity index is 2.37. The van der Waals surface area contributed by atoms with Crippen molar-refractivity contribution in [2.45, 2.75) is 19.9 Å². The molecule has 0 atom stereocenters. The first-order chi connectivity index (χ1) is 7.13. The molecule has 2 heterocycles. The number of nitrogens with two attached hydrogens (primary N) is 1. The van der Waals surface area contributed by atoms with Gasteiger partial charge in [-0.25, -0.2) is 4.79 Å². The van der Waals surface area contributed by atoms with E-state index in [1.165, 1.54) is 0 Å². The van der Waals surface area contributed by atoms with Crippen LogP contribution < -0.4 is 5.73 Å². The lowest BCUT2D eigenvalue weighted by Crippen LogP contribution is -2.30. The molecule has 3 N–H and O–H groups in total. The number of nitrogens with zero attached hydrogens (tertiary/aromatic N) is 3. The maximum absolute atomic E-state index is 10.8. The van der Waals surface area contributed by atoms with Crippen molar-refractivity contribution in [1.29, 1.82) is 0 Å². The van der Waals surface area contributed by atoms with Crippen molar-refractivity contribution in [3.05, 3.63) is 11.3 Å². The highest BCUT2D eigenvalue weighted by atomic mass is 16.4. The van der Waals surface area contributed by atoms with Crippen LogP contribution in [0.1, 0.15) is 18.2 Å². The Morgan fingerprint density at radius 3 is 3.00 bits per heavy atom. The molecular weight excluding hydrogens is 196 g/mol. The molecule has 1 aliphatic heterocycles. The van der Waals surface area contributed by atoms with Gasteiger partial charge in [0.25, 0.3) is 0 Å². The molecule has 0 aromatic carbocycles. The van der Waals surface area contributed by atoms with Gasteiger partial charge in [-0.15, -0.1) is 4.68 Å². The number of hydrogen-bond donors (Lipinski definition) is 2. The summed E-state index contributed by atoms with van der Waals surface area (Å²) in [6.45, 7) is 4.62. The van der Waals surface area contributed by atoms with E-state index in [9.17, 15) is 4.79 Å². The molecule has 15 heavy (non-hydrogen) atoms. The van der Waals surface area contributed by atoms with Crippen LogP contribution in [0.5, 0.6) is 0 Å². The molecule has 0 amide bonds. The summed E-state index contributed by atoms with van der Waals surface area (Å²) in [5.74, 6) is 0.272. The molecule has 0 radical (unpaired) electrons. The van der Waals surface area contributed by atoms with E-state index < -0.39 is 6.09 Å². The molecule has 2 rings (SSSR count). The van der Waals surface area contributed by atoms with E-state index in [2.05, 4.69) is 16.9 Å². The van der Waals surface area contributed by atoms with Gasteiger partial charge in [0.2, 0.25) is 0 Å².